The van der Waals surface area contributed by atoms with E-state index in [-0.39, 0.29) is 11.8 Å². The van der Waals surface area contributed by atoms with Gasteiger partial charge in [-0.25, -0.2) is 0 Å². The maximum absolute atomic E-state index is 11.3. The lowest BCUT2D eigenvalue weighted by Gasteiger charge is -2.16. The van der Waals surface area contributed by atoms with Crippen LogP contribution in [0.1, 0.15) is 45.4 Å². The van der Waals surface area contributed by atoms with Crippen molar-refractivity contribution in [3.63, 3.8) is 0 Å². The van der Waals surface area contributed by atoms with Crippen LogP contribution in [0.3, 0.4) is 0 Å². The van der Waals surface area contributed by atoms with Crippen LogP contribution in [0.4, 0.5) is 0 Å². The summed E-state index contributed by atoms with van der Waals surface area (Å²) in [5, 5.41) is 2.75. The predicted octanol–water partition coefficient (Wildman–Crippen LogP) is 2.61. The fourth-order valence-electron chi connectivity index (χ4n) is 1.66. The van der Waals surface area contributed by atoms with E-state index in [1.807, 2.05) is 6.08 Å². The zero-order valence-electron chi connectivity index (χ0n) is 8.38. The van der Waals surface area contributed by atoms with Gasteiger partial charge in [-0.15, -0.1) is 0 Å². The van der Waals surface area contributed by atoms with Crippen molar-refractivity contribution in [1.82, 2.24) is 5.32 Å². The first-order valence-electron chi connectivity index (χ1n) is 5.30. The monoisotopic (exact) mass is 181 g/mol. The molecule has 2 heteroatoms. The summed E-state index contributed by atoms with van der Waals surface area (Å²) in [6, 6.07) is 0. The van der Waals surface area contributed by atoms with Crippen LogP contribution < -0.4 is 5.32 Å². The third-order valence-corrected chi connectivity index (χ3v) is 2.54. The highest BCUT2D eigenvalue weighted by molar-refractivity contribution is 5.80. The van der Waals surface area contributed by atoms with Crippen LogP contribution in [-0.4, -0.2) is 5.91 Å². The van der Waals surface area contributed by atoms with E-state index in [9.17, 15) is 4.79 Å². The maximum Gasteiger partial charge on any atom is 0.227 e. The summed E-state index contributed by atoms with van der Waals surface area (Å²) in [6.45, 7) is 2.20. The number of nitrogens with one attached hydrogen (secondary N) is 1. The van der Waals surface area contributed by atoms with E-state index in [0.29, 0.717) is 0 Å². The van der Waals surface area contributed by atoms with Crippen LogP contribution in [0.15, 0.2) is 12.3 Å². The standard InChI is InChI=1S/C11H19NO/c1-2-3-4-5-7-10-8-6-9-12-11(10)13/h6,9-10H,2-5,7-8H2,1H3,(H,12,13). The first kappa shape index (κ1) is 10.3. The largest absolute Gasteiger partial charge is 0.333 e. The smallest absolute Gasteiger partial charge is 0.227 e. The Balaban J connectivity index is 2.13. The molecule has 1 amide bonds. The Kier molecular flexibility index (Phi) is 4.58. The first-order valence-corrected chi connectivity index (χ1v) is 5.30. The lowest BCUT2D eigenvalue weighted by atomic mass is 9.95. The molecule has 2 nitrogen and oxygen atoms in total. The van der Waals surface area contributed by atoms with Gasteiger partial charge in [0, 0.05) is 5.92 Å². The highest BCUT2D eigenvalue weighted by Gasteiger charge is 2.17. The third-order valence-electron chi connectivity index (χ3n) is 2.54. The Labute approximate surface area is 80.4 Å². The fraction of sp³-hybridized carbons (Fsp3) is 0.727. The minimum atomic E-state index is 0.207. The zero-order chi connectivity index (χ0) is 9.52. The Morgan fingerprint density at radius 2 is 2.31 bits per heavy atom. The number of rotatable bonds is 5. The molecule has 1 N–H and O–H groups in total. The summed E-state index contributed by atoms with van der Waals surface area (Å²) in [5.74, 6) is 0.445. The second-order valence-electron chi connectivity index (χ2n) is 3.69. The maximum atomic E-state index is 11.3. The fourth-order valence-corrected chi connectivity index (χ4v) is 1.66. The molecule has 0 aliphatic carbocycles. The second-order valence-corrected chi connectivity index (χ2v) is 3.69. The number of hydrogen-bond donors (Lipinski definition) is 1. The number of allylic oxidation sites excluding steroid dienone is 1. The summed E-state index contributed by atoms with van der Waals surface area (Å²) in [6.07, 6.45) is 10.8. The third kappa shape index (κ3) is 3.62. The molecule has 0 aromatic heterocycles. The number of hydrogen-bond acceptors (Lipinski definition) is 1. The van der Waals surface area contributed by atoms with E-state index in [1.165, 1.54) is 25.7 Å². The van der Waals surface area contributed by atoms with Gasteiger partial charge in [0.15, 0.2) is 0 Å². The molecule has 13 heavy (non-hydrogen) atoms. The van der Waals surface area contributed by atoms with E-state index >= 15 is 0 Å². The molecule has 1 heterocycles. The molecular formula is C11H19NO. The van der Waals surface area contributed by atoms with Crippen LogP contribution in [0, 0.1) is 5.92 Å². The Bertz CT molecular complexity index is 187. The molecule has 1 aliphatic rings. The molecule has 1 aliphatic heterocycles. The molecule has 0 bridgehead atoms. The number of carbonyl (C=O) groups excluding carboxylic acids is 1. The van der Waals surface area contributed by atoms with Crippen LogP contribution >= 0.6 is 0 Å². The normalized spacial score (nSPS) is 21.6. The molecule has 1 unspecified atom stereocenters. The number of amides is 1. The molecule has 0 fully saturated rings. The van der Waals surface area contributed by atoms with Crippen molar-refractivity contribution >= 4 is 5.91 Å². The van der Waals surface area contributed by atoms with Gasteiger partial charge in [0.2, 0.25) is 5.91 Å². The zero-order valence-corrected chi connectivity index (χ0v) is 8.38. The van der Waals surface area contributed by atoms with Crippen molar-refractivity contribution in [2.45, 2.75) is 45.4 Å². The van der Waals surface area contributed by atoms with Gasteiger partial charge in [-0.05, 0) is 19.0 Å². The molecule has 1 rings (SSSR count). The number of unbranched alkanes of at least 4 members (excludes halogenated alkanes) is 3. The predicted molar refractivity (Wildman–Crippen MR) is 54.1 cm³/mol. The van der Waals surface area contributed by atoms with E-state index in [2.05, 4.69) is 12.2 Å². The van der Waals surface area contributed by atoms with E-state index in [4.69, 9.17) is 0 Å². The van der Waals surface area contributed by atoms with Gasteiger partial charge in [-0.3, -0.25) is 4.79 Å². The average molecular weight is 181 g/mol. The van der Waals surface area contributed by atoms with E-state index < -0.39 is 0 Å². The Hall–Kier alpha value is -0.790. The van der Waals surface area contributed by atoms with Crippen molar-refractivity contribution in [2.24, 2.45) is 5.92 Å². The van der Waals surface area contributed by atoms with Gasteiger partial charge < -0.3 is 5.32 Å². The molecular weight excluding hydrogens is 162 g/mol. The summed E-state index contributed by atoms with van der Waals surface area (Å²) in [4.78, 5) is 11.3. The van der Waals surface area contributed by atoms with Crippen LogP contribution in [0.2, 0.25) is 0 Å². The summed E-state index contributed by atoms with van der Waals surface area (Å²) in [7, 11) is 0. The molecule has 0 aromatic carbocycles. The minimum Gasteiger partial charge on any atom is -0.333 e. The summed E-state index contributed by atoms with van der Waals surface area (Å²) >= 11 is 0. The summed E-state index contributed by atoms with van der Waals surface area (Å²) in [5.41, 5.74) is 0. The Morgan fingerprint density at radius 1 is 1.46 bits per heavy atom. The molecule has 0 aromatic rings. The van der Waals surface area contributed by atoms with Gasteiger partial charge in [0.05, 0.1) is 0 Å². The minimum absolute atomic E-state index is 0.207. The highest BCUT2D eigenvalue weighted by Crippen LogP contribution is 2.17. The van der Waals surface area contributed by atoms with Crippen LogP contribution in [0.25, 0.3) is 0 Å². The molecule has 0 saturated heterocycles. The van der Waals surface area contributed by atoms with Gasteiger partial charge in [-0.1, -0.05) is 38.7 Å². The van der Waals surface area contributed by atoms with Crippen molar-refractivity contribution < 1.29 is 4.79 Å². The first-order chi connectivity index (χ1) is 6.34. The van der Waals surface area contributed by atoms with Crippen molar-refractivity contribution in [3.05, 3.63) is 12.3 Å². The van der Waals surface area contributed by atoms with Gasteiger partial charge >= 0.3 is 0 Å². The molecule has 1 atom stereocenters. The SMILES string of the molecule is CCCCCCC1CC=CNC1=O. The topological polar surface area (TPSA) is 29.1 Å². The molecule has 0 spiro atoms. The molecule has 0 radical (unpaired) electrons. The van der Waals surface area contributed by atoms with Crippen LogP contribution in [0.5, 0.6) is 0 Å². The van der Waals surface area contributed by atoms with Gasteiger partial charge in [0.1, 0.15) is 0 Å². The van der Waals surface area contributed by atoms with Crippen LogP contribution in [-0.2, 0) is 4.79 Å². The lowest BCUT2D eigenvalue weighted by Crippen LogP contribution is -2.29. The second kappa shape index (κ2) is 5.79. The Morgan fingerprint density at radius 3 is 3.00 bits per heavy atom. The average Bonchev–Trinajstić information content (AvgIpc) is 2.15. The van der Waals surface area contributed by atoms with Crippen molar-refractivity contribution in [1.29, 1.82) is 0 Å². The molecule has 0 saturated carbocycles. The quantitative estimate of drug-likeness (QED) is 0.649. The lowest BCUT2D eigenvalue weighted by molar-refractivity contribution is -0.124. The van der Waals surface area contributed by atoms with Crippen molar-refractivity contribution in [2.75, 3.05) is 0 Å². The highest BCUT2D eigenvalue weighted by atomic mass is 16.1. The van der Waals surface area contributed by atoms with E-state index in [1.54, 1.807) is 6.20 Å². The van der Waals surface area contributed by atoms with E-state index in [0.717, 1.165) is 12.8 Å². The summed E-state index contributed by atoms with van der Waals surface area (Å²) < 4.78 is 0. The van der Waals surface area contributed by atoms with Crippen molar-refractivity contribution in [3.8, 4) is 0 Å². The van der Waals surface area contributed by atoms with Gasteiger partial charge in [-0.2, -0.15) is 0 Å². The number of carbonyl (C=O) groups is 1. The molecule has 74 valence electrons. The van der Waals surface area contributed by atoms with Gasteiger partial charge in [0.25, 0.3) is 0 Å².